The van der Waals surface area contributed by atoms with Crippen LogP contribution in [0.15, 0.2) is 88.9 Å². The SMILES string of the molecule is Cc1ccc(/C(O)=C2/C(=O)C(=O)N(c3ccccc3)C2c2ccc(Br)cc2)cc1. The third-order valence-corrected chi connectivity index (χ3v) is 5.52. The summed E-state index contributed by atoms with van der Waals surface area (Å²) in [5.74, 6) is -1.52. The molecule has 0 aliphatic carbocycles. The molecule has 1 unspecified atom stereocenters. The molecule has 0 radical (unpaired) electrons. The number of carbonyl (C=O) groups is 2. The van der Waals surface area contributed by atoms with Crippen LogP contribution in [0.2, 0.25) is 0 Å². The minimum Gasteiger partial charge on any atom is -0.507 e. The summed E-state index contributed by atoms with van der Waals surface area (Å²) in [4.78, 5) is 27.4. The highest BCUT2D eigenvalue weighted by Crippen LogP contribution is 2.42. The molecular formula is C24H18BrNO3. The summed E-state index contributed by atoms with van der Waals surface area (Å²) in [5, 5.41) is 11.0. The summed E-state index contributed by atoms with van der Waals surface area (Å²) >= 11 is 3.42. The van der Waals surface area contributed by atoms with Gasteiger partial charge in [0.05, 0.1) is 11.6 Å². The van der Waals surface area contributed by atoms with Crippen molar-refractivity contribution in [3.8, 4) is 0 Å². The van der Waals surface area contributed by atoms with Crippen molar-refractivity contribution < 1.29 is 14.7 Å². The Morgan fingerprint density at radius 3 is 2.14 bits per heavy atom. The van der Waals surface area contributed by atoms with Crippen LogP contribution in [0.1, 0.15) is 22.7 Å². The fourth-order valence-corrected chi connectivity index (χ4v) is 3.78. The predicted octanol–water partition coefficient (Wildman–Crippen LogP) is 5.38. The van der Waals surface area contributed by atoms with Crippen molar-refractivity contribution in [1.29, 1.82) is 0 Å². The largest absolute Gasteiger partial charge is 0.507 e. The van der Waals surface area contributed by atoms with Crippen molar-refractivity contribution in [3.05, 3.63) is 106 Å². The van der Waals surface area contributed by atoms with E-state index in [-0.39, 0.29) is 11.3 Å². The number of aliphatic hydroxyl groups is 1. The van der Waals surface area contributed by atoms with Gasteiger partial charge in [0.15, 0.2) is 0 Å². The number of nitrogens with zero attached hydrogens (tertiary/aromatic N) is 1. The van der Waals surface area contributed by atoms with Gasteiger partial charge in [0.2, 0.25) is 0 Å². The number of Topliss-reactive ketones (excluding diaryl/α,β-unsaturated/α-hetero) is 1. The number of amides is 1. The molecular weight excluding hydrogens is 430 g/mol. The first-order chi connectivity index (χ1) is 14.0. The van der Waals surface area contributed by atoms with Gasteiger partial charge in [-0.05, 0) is 36.8 Å². The molecule has 1 fully saturated rings. The second-order valence-corrected chi connectivity index (χ2v) is 7.84. The zero-order valence-corrected chi connectivity index (χ0v) is 17.3. The van der Waals surface area contributed by atoms with Gasteiger partial charge in [-0.15, -0.1) is 0 Å². The van der Waals surface area contributed by atoms with Crippen molar-refractivity contribution in [2.75, 3.05) is 4.90 Å². The Kier molecular flexibility index (Phi) is 5.07. The molecule has 144 valence electrons. The van der Waals surface area contributed by atoms with E-state index >= 15 is 0 Å². The van der Waals surface area contributed by atoms with E-state index in [4.69, 9.17) is 0 Å². The van der Waals surface area contributed by atoms with Gasteiger partial charge in [-0.25, -0.2) is 0 Å². The van der Waals surface area contributed by atoms with Crippen LogP contribution in [0.4, 0.5) is 5.69 Å². The molecule has 3 aromatic carbocycles. The topological polar surface area (TPSA) is 57.6 Å². The molecule has 0 aromatic heterocycles. The van der Waals surface area contributed by atoms with Gasteiger partial charge in [0.1, 0.15) is 5.76 Å². The van der Waals surface area contributed by atoms with Crippen LogP contribution in [0.5, 0.6) is 0 Å². The minimum atomic E-state index is -0.716. The number of halogens is 1. The van der Waals surface area contributed by atoms with Crippen LogP contribution in [0.3, 0.4) is 0 Å². The molecule has 4 nitrogen and oxygen atoms in total. The number of ketones is 1. The molecule has 1 aliphatic rings. The quantitative estimate of drug-likeness (QED) is 0.332. The number of anilines is 1. The fourth-order valence-electron chi connectivity index (χ4n) is 3.51. The molecule has 1 amide bonds. The lowest BCUT2D eigenvalue weighted by atomic mass is 9.95. The Balaban J connectivity index is 1.94. The number of para-hydroxylation sites is 1. The summed E-state index contributed by atoms with van der Waals surface area (Å²) in [6, 6.07) is 22.9. The lowest BCUT2D eigenvalue weighted by Gasteiger charge is -2.25. The first kappa shape index (κ1) is 19.2. The number of aliphatic hydroxyl groups excluding tert-OH is 1. The van der Waals surface area contributed by atoms with E-state index in [9.17, 15) is 14.7 Å². The molecule has 0 saturated carbocycles. The van der Waals surface area contributed by atoms with E-state index in [0.717, 1.165) is 15.6 Å². The molecule has 5 heteroatoms. The molecule has 3 aromatic rings. The molecule has 4 rings (SSSR count). The number of aryl methyl sites for hydroxylation is 1. The highest BCUT2D eigenvalue weighted by molar-refractivity contribution is 9.10. The second-order valence-electron chi connectivity index (χ2n) is 6.92. The van der Waals surface area contributed by atoms with Crippen molar-refractivity contribution >= 4 is 39.1 Å². The van der Waals surface area contributed by atoms with Gasteiger partial charge >= 0.3 is 0 Å². The van der Waals surface area contributed by atoms with Gasteiger partial charge in [-0.1, -0.05) is 76.1 Å². The Hall–Kier alpha value is -3.18. The lowest BCUT2D eigenvalue weighted by Crippen LogP contribution is -2.29. The number of hydrogen-bond donors (Lipinski definition) is 1. The number of hydrogen-bond acceptors (Lipinski definition) is 3. The molecule has 29 heavy (non-hydrogen) atoms. The standard InChI is InChI=1S/C24H18BrNO3/c1-15-7-9-17(10-8-15)22(27)20-21(16-11-13-18(25)14-12-16)26(24(29)23(20)28)19-5-3-2-4-6-19/h2-14,21,27H,1H3/b22-20-. The van der Waals surface area contributed by atoms with Crippen LogP contribution in [-0.4, -0.2) is 16.8 Å². The normalized spacial score (nSPS) is 18.3. The maximum absolute atomic E-state index is 13.0. The summed E-state index contributed by atoms with van der Waals surface area (Å²) in [5.41, 5.74) is 2.97. The minimum absolute atomic E-state index is 0.0880. The van der Waals surface area contributed by atoms with Gasteiger partial charge in [-0.2, -0.15) is 0 Å². The van der Waals surface area contributed by atoms with E-state index in [1.807, 2.05) is 61.5 Å². The predicted molar refractivity (Wildman–Crippen MR) is 117 cm³/mol. The lowest BCUT2D eigenvalue weighted by molar-refractivity contribution is -0.132. The van der Waals surface area contributed by atoms with E-state index in [0.29, 0.717) is 11.3 Å². The monoisotopic (exact) mass is 447 g/mol. The zero-order valence-electron chi connectivity index (χ0n) is 15.7. The van der Waals surface area contributed by atoms with Crippen molar-refractivity contribution in [2.24, 2.45) is 0 Å². The molecule has 0 spiro atoms. The smallest absolute Gasteiger partial charge is 0.300 e. The van der Waals surface area contributed by atoms with E-state index in [2.05, 4.69) is 15.9 Å². The summed E-state index contributed by atoms with van der Waals surface area (Å²) < 4.78 is 0.886. The Labute approximate surface area is 177 Å². The third-order valence-electron chi connectivity index (χ3n) is 4.99. The zero-order chi connectivity index (χ0) is 20.5. The molecule has 1 aliphatic heterocycles. The Morgan fingerprint density at radius 1 is 0.897 bits per heavy atom. The fraction of sp³-hybridized carbons (Fsp3) is 0.0833. The van der Waals surface area contributed by atoms with Crippen LogP contribution in [0, 0.1) is 6.92 Å². The van der Waals surface area contributed by atoms with Gasteiger partial charge in [-0.3, -0.25) is 14.5 Å². The Morgan fingerprint density at radius 2 is 1.52 bits per heavy atom. The summed E-state index contributed by atoms with van der Waals surface area (Å²) in [7, 11) is 0. The second kappa shape index (κ2) is 7.68. The highest BCUT2D eigenvalue weighted by atomic mass is 79.9. The summed E-state index contributed by atoms with van der Waals surface area (Å²) in [6.45, 7) is 1.94. The van der Waals surface area contributed by atoms with Crippen molar-refractivity contribution in [1.82, 2.24) is 0 Å². The van der Waals surface area contributed by atoms with E-state index < -0.39 is 17.7 Å². The van der Waals surface area contributed by atoms with Crippen molar-refractivity contribution in [2.45, 2.75) is 13.0 Å². The third kappa shape index (κ3) is 3.49. The van der Waals surface area contributed by atoms with E-state index in [1.54, 1.807) is 24.3 Å². The number of benzene rings is 3. The number of rotatable bonds is 3. The Bertz CT molecular complexity index is 1100. The van der Waals surface area contributed by atoms with Crippen LogP contribution >= 0.6 is 15.9 Å². The maximum Gasteiger partial charge on any atom is 0.300 e. The van der Waals surface area contributed by atoms with Crippen molar-refractivity contribution in [3.63, 3.8) is 0 Å². The number of carbonyl (C=O) groups excluding carboxylic acids is 2. The first-order valence-electron chi connectivity index (χ1n) is 9.16. The van der Waals surface area contributed by atoms with Crippen LogP contribution in [-0.2, 0) is 9.59 Å². The molecule has 1 heterocycles. The van der Waals surface area contributed by atoms with E-state index in [1.165, 1.54) is 4.90 Å². The molecule has 1 atom stereocenters. The highest BCUT2D eigenvalue weighted by Gasteiger charge is 2.46. The maximum atomic E-state index is 13.0. The molecule has 0 bridgehead atoms. The average molecular weight is 448 g/mol. The first-order valence-corrected chi connectivity index (χ1v) is 9.95. The van der Waals surface area contributed by atoms with Gasteiger partial charge in [0.25, 0.3) is 11.7 Å². The van der Waals surface area contributed by atoms with Gasteiger partial charge < -0.3 is 5.11 Å². The average Bonchev–Trinajstić information content (AvgIpc) is 3.00. The molecule has 1 saturated heterocycles. The van der Waals surface area contributed by atoms with Crippen LogP contribution in [0.25, 0.3) is 5.76 Å². The van der Waals surface area contributed by atoms with Crippen LogP contribution < -0.4 is 4.90 Å². The van der Waals surface area contributed by atoms with Gasteiger partial charge in [0, 0.05) is 15.7 Å². The summed E-state index contributed by atoms with van der Waals surface area (Å²) in [6.07, 6.45) is 0. The molecule has 1 N–H and O–H groups in total.